The number of rotatable bonds is 6. The van der Waals surface area contributed by atoms with Gasteiger partial charge in [0, 0.05) is 28.9 Å². The number of nitrogens with zero attached hydrogens (tertiary/aromatic N) is 2. The van der Waals surface area contributed by atoms with Crippen molar-refractivity contribution in [1.29, 1.82) is 0 Å². The number of halogens is 2. The van der Waals surface area contributed by atoms with Crippen molar-refractivity contribution < 1.29 is 21.8 Å². The molecule has 0 radical (unpaired) electrons. The van der Waals surface area contributed by atoms with Crippen LogP contribution in [0.25, 0.3) is 0 Å². The molecule has 0 aliphatic rings. The SMILES string of the molecule is CC(C)N(C(=O)C[n+]1ccc(Cc2ccc(Cl)cc2)cc1)c1ccccc1.[Cl-]. The van der Waals surface area contributed by atoms with E-state index in [9.17, 15) is 4.79 Å². The molecule has 0 unspecified atom stereocenters. The van der Waals surface area contributed by atoms with E-state index in [4.69, 9.17) is 11.6 Å². The number of aromatic nitrogens is 1. The van der Waals surface area contributed by atoms with Crippen molar-refractivity contribution in [3.63, 3.8) is 0 Å². The lowest BCUT2D eigenvalue weighted by atomic mass is 10.1. The molecule has 0 fully saturated rings. The van der Waals surface area contributed by atoms with Gasteiger partial charge < -0.3 is 17.3 Å². The summed E-state index contributed by atoms with van der Waals surface area (Å²) in [7, 11) is 0. The molecule has 0 bridgehead atoms. The van der Waals surface area contributed by atoms with E-state index in [0.29, 0.717) is 6.54 Å². The summed E-state index contributed by atoms with van der Waals surface area (Å²) in [5.74, 6) is 0.0756. The highest BCUT2D eigenvalue weighted by molar-refractivity contribution is 6.30. The van der Waals surface area contributed by atoms with Crippen LogP contribution in [0, 0.1) is 0 Å². The molecular formula is C23H24Cl2N2O. The van der Waals surface area contributed by atoms with E-state index in [1.54, 1.807) is 0 Å². The van der Waals surface area contributed by atoms with Gasteiger partial charge in [-0.1, -0.05) is 41.9 Å². The summed E-state index contributed by atoms with van der Waals surface area (Å²) in [5.41, 5.74) is 3.34. The number of hydrogen-bond acceptors (Lipinski definition) is 1. The van der Waals surface area contributed by atoms with E-state index in [1.165, 1.54) is 11.1 Å². The van der Waals surface area contributed by atoms with Gasteiger partial charge in [-0.15, -0.1) is 0 Å². The Morgan fingerprint density at radius 2 is 1.50 bits per heavy atom. The van der Waals surface area contributed by atoms with Gasteiger partial charge in [0.15, 0.2) is 12.4 Å². The van der Waals surface area contributed by atoms with Crippen molar-refractivity contribution in [2.75, 3.05) is 4.90 Å². The van der Waals surface area contributed by atoms with Crippen LogP contribution in [-0.2, 0) is 17.8 Å². The van der Waals surface area contributed by atoms with E-state index < -0.39 is 0 Å². The highest BCUT2D eigenvalue weighted by atomic mass is 35.5. The maximum atomic E-state index is 12.9. The quantitative estimate of drug-likeness (QED) is 0.562. The highest BCUT2D eigenvalue weighted by Crippen LogP contribution is 2.17. The molecule has 1 amide bonds. The first-order valence-corrected chi connectivity index (χ1v) is 9.50. The third kappa shape index (κ3) is 5.82. The molecule has 0 saturated heterocycles. The fourth-order valence-corrected chi connectivity index (χ4v) is 3.23. The van der Waals surface area contributed by atoms with E-state index >= 15 is 0 Å². The molecule has 0 atom stereocenters. The molecular weight excluding hydrogens is 391 g/mol. The lowest BCUT2D eigenvalue weighted by Gasteiger charge is -2.25. The summed E-state index contributed by atoms with van der Waals surface area (Å²) in [6.07, 6.45) is 4.77. The zero-order valence-electron chi connectivity index (χ0n) is 16.1. The van der Waals surface area contributed by atoms with Gasteiger partial charge in [-0.2, -0.15) is 4.57 Å². The molecule has 3 rings (SSSR count). The summed E-state index contributed by atoms with van der Waals surface area (Å²) >= 11 is 5.94. The predicted octanol–water partition coefficient (Wildman–Crippen LogP) is 1.66. The molecule has 146 valence electrons. The summed E-state index contributed by atoms with van der Waals surface area (Å²) in [5, 5.41) is 0.747. The Bertz CT molecular complexity index is 879. The average Bonchev–Trinajstić information content (AvgIpc) is 2.66. The Morgan fingerprint density at radius 1 is 0.929 bits per heavy atom. The van der Waals surface area contributed by atoms with Crippen LogP contribution in [0.15, 0.2) is 79.1 Å². The summed E-state index contributed by atoms with van der Waals surface area (Å²) in [6.45, 7) is 4.38. The molecule has 5 heteroatoms. The van der Waals surface area contributed by atoms with Crippen LogP contribution in [-0.4, -0.2) is 11.9 Å². The Labute approximate surface area is 178 Å². The number of para-hydroxylation sites is 1. The summed E-state index contributed by atoms with van der Waals surface area (Å²) in [4.78, 5) is 14.7. The number of benzene rings is 2. The number of carbonyl (C=O) groups is 1. The number of pyridine rings is 1. The second kappa shape index (κ2) is 10.3. The maximum Gasteiger partial charge on any atom is 0.293 e. The minimum Gasteiger partial charge on any atom is -1.00 e. The summed E-state index contributed by atoms with van der Waals surface area (Å²) < 4.78 is 1.92. The lowest BCUT2D eigenvalue weighted by Crippen LogP contribution is -3.00. The second-order valence-electron chi connectivity index (χ2n) is 6.88. The fourth-order valence-electron chi connectivity index (χ4n) is 3.10. The number of amides is 1. The third-order valence-electron chi connectivity index (χ3n) is 4.42. The van der Waals surface area contributed by atoms with Crippen LogP contribution in [0.3, 0.4) is 0 Å². The van der Waals surface area contributed by atoms with Crippen molar-refractivity contribution in [2.45, 2.75) is 32.9 Å². The molecule has 0 saturated carbocycles. The normalized spacial score (nSPS) is 10.4. The molecule has 1 heterocycles. The largest absolute Gasteiger partial charge is 1.00 e. The van der Waals surface area contributed by atoms with Crippen molar-refractivity contribution >= 4 is 23.2 Å². The van der Waals surface area contributed by atoms with Gasteiger partial charge in [0.05, 0.1) is 0 Å². The number of anilines is 1. The van der Waals surface area contributed by atoms with Crippen LogP contribution in [0.5, 0.6) is 0 Å². The van der Waals surface area contributed by atoms with Crippen LogP contribution >= 0.6 is 11.6 Å². The van der Waals surface area contributed by atoms with Crippen molar-refractivity contribution in [3.05, 3.63) is 95.3 Å². The van der Waals surface area contributed by atoms with E-state index in [2.05, 4.69) is 12.1 Å². The lowest BCUT2D eigenvalue weighted by molar-refractivity contribution is -0.684. The number of carbonyl (C=O) groups excluding carboxylic acids is 1. The Kier molecular flexibility index (Phi) is 8.04. The minimum atomic E-state index is 0. The molecule has 0 aliphatic heterocycles. The van der Waals surface area contributed by atoms with Gasteiger partial charge >= 0.3 is 0 Å². The third-order valence-corrected chi connectivity index (χ3v) is 4.67. The molecule has 28 heavy (non-hydrogen) atoms. The van der Waals surface area contributed by atoms with Gasteiger partial charge in [0.1, 0.15) is 0 Å². The van der Waals surface area contributed by atoms with E-state index in [-0.39, 0.29) is 24.4 Å². The van der Waals surface area contributed by atoms with Gasteiger partial charge in [0.25, 0.3) is 5.91 Å². The maximum absolute atomic E-state index is 12.9. The summed E-state index contributed by atoms with van der Waals surface area (Å²) in [6, 6.07) is 21.9. The molecule has 3 aromatic rings. The van der Waals surface area contributed by atoms with Gasteiger partial charge in [-0.3, -0.25) is 4.79 Å². The van der Waals surface area contributed by atoms with E-state index in [0.717, 1.165) is 17.1 Å². The Morgan fingerprint density at radius 3 is 2.07 bits per heavy atom. The van der Waals surface area contributed by atoms with Crippen molar-refractivity contribution in [1.82, 2.24) is 0 Å². The Hall–Kier alpha value is -2.36. The molecule has 3 nitrogen and oxygen atoms in total. The first-order chi connectivity index (χ1) is 13.0. The molecule has 2 aromatic carbocycles. The zero-order valence-corrected chi connectivity index (χ0v) is 17.6. The molecule has 0 N–H and O–H groups in total. The van der Waals surface area contributed by atoms with Gasteiger partial charge in [-0.05, 0) is 55.7 Å². The van der Waals surface area contributed by atoms with Crippen LogP contribution in [0.4, 0.5) is 5.69 Å². The standard InChI is InChI=1S/C23H24ClN2O.ClH/c1-18(2)26(22-6-4-3-5-7-22)23(27)17-25-14-12-20(13-15-25)16-19-8-10-21(24)11-9-19;/h3-15,18H,16-17H2,1-2H3;1H/q+1;/p-1. The fraction of sp³-hybridized carbons (Fsp3) is 0.217. The topological polar surface area (TPSA) is 24.2 Å². The van der Waals surface area contributed by atoms with E-state index in [1.807, 2.05) is 90.3 Å². The second-order valence-corrected chi connectivity index (χ2v) is 7.31. The van der Waals surface area contributed by atoms with Crippen LogP contribution < -0.4 is 21.9 Å². The van der Waals surface area contributed by atoms with Crippen molar-refractivity contribution in [2.24, 2.45) is 0 Å². The Balaban J connectivity index is 0.00000280. The predicted molar refractivity (Wildman–Crippen MR) is 110 cm³/mol. The van der Waals surface area contributed by atoms with Gasteiger partial charge in [0.2, 0.25) is 6.54 Å². The van der Waals surface area contributed by atoms with Crippen LogP contribution in [0.2, 0.25) is 5.02 Å². The smallest absolute Gasteiger partial charge is 0.293 e. The highest BCUT2D eigenvalue weighted by Gasteiger charge is 2.22. The minimum absolute atomic E-state index is 0. The first-order valence-electron chi connectivity index (χ1n) is 9.12. The molecule has 0 aliphatic carbocycles. The van der Waals surface area contributed by atoms with Gasteiger partial charge in [-0.25, -0.2) is 0 Å². The van der Waals surface area contributed by atoms with Crippen LogP contribution in [0.1, 0.15) is 25.0 Å². The van der Waals surface area contributed by atoms with Crippen molar-refractivity contribution in [3.8, 4) is 0 Å². The average molecular weight is 415 g/mol. The first kappa shape index (κ1) is 21.9. The monoisotopic (exact) mass is 414 g/mol. The number of hydrogen-bond donors (Lipinski definition) is 0. The zero-order chi connectivity index (χ0) is 19.2. The molecule has 1 aromatic heterocycles. The molecule has 0 spiro atoms.